The van der Waals surface area contributed by atoms with Crippen molar-refractivity contribution in [2.24, 2.45) is 16.7 Å². The number of rotatable bonds is 4. The van der Waals surface area contributed by atoms with E-state index in [1.165, 1.54) is 0 Å². The topological polar surface area (TPSA) is 63.2 Å². The lowest BCUT2D eigenvalue weighted by Crippen LogP contribution is -2.48. The number of amides is 1. The smallest absolute Gasteiger partial charge is 0.240 e. The van der Waals surface area contributed by atoms with Gasteiger partial charge >= 0.3 is 0 Å². The molecule has 4 nitrogen and oxygen atoms in total. The Labute approximate surface area is 123 Å². The first-order valence-electron chi connectivity index (χ1n) is 6.97. The number of sulfonamides is 1. The van der Waals surface area contributed by atoms with E-state index in [0.717, 1.165) is 6.42 Å². The summed E-state index contributed by atoms with van der Waals surface area (Å²) < 4.78 is 25.7. The average Bonchev–Trinajstić information content (AvgIpc) is 2.90. The number of hydrogen-bond acceptors (Lipinski definition) is 3. The molecule has 0 aromatic heterocycles. The van der Waals surface area contributed by atoms with Crippen molar-refractivity contribution in [3.63, 3.8) is 0 Å². The van der Waals surface area contributed by atoms with E-state index in [4.69, 9.17) is 0 Å². The van der Waals surface area contributed by atoms with E-state index in [9.17, 15) is 13.2 Å². The van der Waals surface area contributed by atoms with Gasteiger partial charge in [0.1, 0.15) is 0 Å². The summed E-state index contributed by atoms with van der Waals surface area (Å²) >= 11 is 0. The lowest BCUT2D eigenvalue weighted by Gasteiger charge is -2.32. The van der Waals surface area contributed by atoms with E-state index in [1.807, 2.05) is 20.8 Å². The van der Waals surface area contributed by atoms with Crippen molar-refractivity contribution in [3.8, 4) is 0 Å². The first kappa shape index (κ1) is 17.2. The molecule has 0 aliphatic heterocycles. The molecule has 1 saturated carbocycles. The lowest BCUT2D eigenvalue weighted by molar-refractivity contribution is -0.129. The number of carbonyl (C=O) groups is 1. The zero-order chi connectivity index (χ0) is 16.0. The number of hydrogen-bond donors (Lipinski definition) is 1. The Bertz CT molecular complexity index is 508. The summed E-state index contributed by atoms with van der Waals surface area (Å²) in [5, 5.41) is 0. The highest BCUT2D eigenvalue weighted by Gasteiger charge is 2.65. The minimum Gasteiger partial charge on any atom is -0.273 e. The van der Waals surface area contributed by atoms with E-state index < -0.39 is 20.2 Å². The largest absolute Gasteiger partial charge is 0.273 e. The SMILES string of the molecule is C=CCC1C[C@@]1(C(=O)NS(=O)(=O)C(C)(C)C)C(C)(C)C. The molecule has 1 unspecified atom stereocenters. The van der Waals surface area contributed by atoms with Crippen molar-refractivity contribution in [2.45, 2.75) is 59.1 Å². The molecule has 0 saturated heterocycles. The molecule has 1 aliphatic carbocycles. The number of carbonyl (C=O) groups excluding carboxylic acids is 1. The van der Waals surface area contributed by atoms with Crippen molar-refractivity contribution in [2.75, 3.05) is 0 Å². The van der Waals surface area contributed by atoms with Gasteiger partial charge < -0.3 is 0 Å². The molecule has 0 heterocycles. The fourth-order valence-corrected chi connectivity index (χ4v) is 3.45. The molecular weight excluding hydrogens is 274 g/mol. The molecule has 1 fully saturated rings. The molecule has 0 radical (unpaired) electrons. The molecule has 1 aliphatic rings. The molecule has 2 atom stereocenters. The summed E-state index contributed by atoms with van der Waals surface area (Å²) in [7, 11) is -3.66. The predicted molar refractivity (Wildman–Crippen MR) is 81.6 cm³/mol. The first-order chi connectivity index (χ1) is 8.79. The number of allylic oxidation sites excluding steroid dienone is 1. The summed E-state index contributed by atoms with van der Waals surface area (Å²) in [6, 6.07) is 0. The van der Waals surface area contributed by atoms with Crippen LogP contribution in [0, 0.1) is 16.7 Å². The van der Waals surface area contributed by atoms with Crippen LogP contribution in [0.2, 0.25) is 0 Å². The van der Waals surface area contributed by atoms with Crippen LogP contribution in [0.15, 0.2) is 12.7 Å². The molecule has 0 bridgehead atoms. The van der Waals surface area contributed by atoms with Gasteiger partial charge in [0.2, 0.25) is 15.9 Å². The van der Waals surface area contributed by atoms with E-state index in [2.05, 4.69) is 11.3 Å². The molecule has 1 amide bonds. The molecule has 116 valence electrons. The van der Waals surface area contributed by atoms with Crippen LogP contribution in [-0.2, 0) is 14.8 Å². The second-order valence-electron chi connectivity index (χ2n) is 7.69. The van der Waals surface area contributed by atoms with E-state index in [0.29, 0.717) is 6.42 Å². The molecule has 20 heavy (non-hydrogen) atoms. The van der Waals surface area contributed by atoms with Crippen LogP contribution in [0.4, 0.5) is 0 Å². The highest BCUT2D eigenvalue weighted by Crippen LogP contribution is 2.64. The Morgan fingerprint density at radius 1 is 1.30 bits per heavy atom. The van der Waals surface area contributed by atoms with Gasteiger partial charge in [0, 0.05) is 0 Å². The number of nitrogens with one attached hydrogen (secondary N) is 1. The predicted octanol–water partition coefficient (Wildman–Crippen LogP) is 2.86. The summed E-state index contributed by atoms with van der Waals surface area (Å²) in [6.45, 7) is 14.4. The summed E-state index contributed by atoms with van der Waals surface area (Å²) in [6.07, 6.45) is 3.25. The Morgan fingerprint density at radius 2 is 1.80 bits per heavy atom. The lowest BCUT2D eigenvalue weighted by atomic mass is 9.75. The van der Waals surface area contributed by atoms with Gasteiger partial charge in [0.25, 0.3) is 0 Å². The second kappa shape index (κ2) is 4.86. The van der Waals surface area contributed by atoms with Crippen LogP contribution in [0.3, 0.4) is 0 Å². The molecular formula is C15H27NO3S. The van der Waals surface area contributed by atoms with E-state index in [-0.39, 0.29) is 17.2 Å². The van der Waals surface area contributed by atoms with Crippen molar-refractivity contribution in [1.82, 2.24) is 4.72 Å². The van der Waals surface area contributed by atoms with Gasteiger partial charge in [-0.25, -0.2) is 8.42 Å². The highest BCUT2D eigenvalue weighted by atomic mass is 32.2. The maximum atomic E-state index is 12.6. The fourth-order valence-electron chi connectivity index (χ4n) is 2.72. The van der Waals surface area contributed by atoms with Gasteiger partial charge in [-0.1, -0.05) is 26.8 Å². The maximum Gasteiger partial charge on any atom is 0.240 e. The average molecular weight is 301 g/mol. The highest BCUT2D eigenvalue weighted by molar-refractivity contribution is 7.91. The Hall–Kier alpha value is -0.840. The summed E-state index contributed by atoms with van der Waals surface area (Å²) in [4.78, 5) is 12.6. The molecule has 1 N–H and O–H groups in total. The Morgan fingerprint density at radius 3 is 2.15 bits per heavy atom. The van der Waals surface area contributed by atoms with Crippen LogP contribution < -0.4 is 4.72 Å². The summed E-state index contributed by atoms with van der Waals surface area (Å²) in [5.41, 5.74) is -0.891. The Balaban J connectivity index is 3.04. The second-order valence-corrected chi connectivity index (χ2v) is 10.1. The molecule has 0 aromatic rings. The van der Waals surface area contributed by atoms with Crippen molar-refractivity contribution in [1.29, 1.82) is 0 Å². The van der Waals surface area contributed by atoms with Crippen LogP contribution in [0.1, 0.15) is 54.4 Å². The van der Waals surface area contributed by atoms with Crippen LogP contribution >= 0.6 is 0 Å². The molecule has 0 spiro atoms. The third-order valence-corrected chi connectivity index (χ3v) is 6.40. The van der Waals surface area contributed by atoms with Crippen LogP contribution in [0.25, 0.3) is 0 Å². The minimum absolute atomic E-state index is 0.176. The molecule has 5 heteroatoms. The fraction of sp³-hybridized carbons (Fsp3) is 0.800. The van der Waals surface area contributed by atoms with E-state index >= 15 is 0 Å². The van der Waals surface area contributed by atoms with Crippen LogP contribution in [0.5, 0.6) is 0 Å². The third kappa shape index (κ3) is 2.78. The maximum absolute atomic E-state index is 12.6. The Kier molecular flexibility index (Phi) is 4.19. The van der Waals surface area contributed by atoms with Crippen molar-refractivity contribution >= 4 is 15.9 Å². The van der Waals surface area contributed by atoms with E-state index in [1.54, 1.807) is 26.8 Å². The van der Waals surface area contributed by atoms with Gasteiger partial charge in [0.05, 0.1) is 10.2 Å². The van der Waals surface area contributed by atoms with Crippen molar-refractivity contribution in [3.05, 3.63) is 12.7 Å². The van der Waals surface area contributed by atoms with Gasteiger partial charge in [-0.2, -0.15) is 0 Å². The van der Waals surface area contributed by atoms with Crippen molar-refractivity contribution < 1.29 is 13.2 Å². The monoisotopic (exact) mass is 301 g/mol. The van der Waals surface area contributed by atoms with Crippen LogP contribution in [-0.4, -0.2) is 19.1 Å². The van der Waals surface area contributed by atoms with Gasteiger partial charge in [0.15, 0.2) is 0 Å². The zero-order valence-corrected chi connectivity index (χ0v) is 14.2. The standard InChI is InChI=1S/C15H27NO3S/c1-8-9-11-10-15(11,13(2,3)4)12(17)16-20(18,19)14(5,6)7/h8,11H,1,9-10H2,2-7H3,(H,16,17)/t11?,15-/m1/s1. The summed E-state index contributed by atoms with van der Waals surface area (Å²) in [5.74, 6) is -0.193. The van der Waals surface area contributed by atoms with Gasteiger partial charge in [-0.15, -0.1) is 6.58 Å². The molecule has 1 rings (SSSR count). The normalized spacial score (nSPS) is 27.0. The minimum atomic E-state index is -3.66. The zero-order valence-electron chi connectivity index (χ0n) is 13.4. The first-order valence-corrected chi connectivity index (χ1v) is 8.45. The van der Waals surface area contributed by atoms with Gasteiger partial charge in [-0.05, 0) is 44.9 Å². The quantitative estimate of drug-likeness (QED) is 0.812. The van der Waals surface area contributed by atoms with Gasteiger partial charge in [-0.3, -0.25) is 9.52 Å². The molecule has 0 aromatic carbocycles. The third-order valence-electron chi connectivity index (χ3n) is 4.33.